The molecule has 19 heavy (non-hydrogen) atoms. The molecule has 1 N–H and O–H groups in total. The van der Waals surface area contributed by atoms with E-state index in [-0.39, 0.29) is 5.78 Å². The number of Topliss-reactive ketones (excluding diaryl/α,β-unsaturated/α-hetero) is 1. The molecule has 0 saturated heterocycles. The summed E-state index contributed by atoms with van der Waals surface area (Å²) in [6.07, 6.45) is 3.42. The Morgan fingerprint density at radius 1 is 1.37 bits per heavy atom. The van der Waals surface area contributed by atoms with Crippen LogP contribution in [0.4, 0.5) is 0 Å². The van der Waals surface area contributed by atoms with E-state index in [1.165, 1.54) is 6.33 Å². The summed E-state index contributed by atoms with van der Waals surface area (Å²) >= 11 is 0. The average Bonchev–Trinajstić information content (AvgIpc) is 2.71. The van der Waals surface area contributed by atoms with E-state index in [0.29, 0.717) is 24.8 Å². The molecule has 0 amide bonds. The normalized spacial score (nSPS) is 11.5. The minimum atomic E-state index is 0.239. The van der Waals surface area contributed by atoms with E-state index in [1.807, 2.05) is 4.68 Å². The van der Waals surface area contributed by atoms with Gasteiger partial charge >= 0.3 is 0 Å². The minimum Gasteiger partial charge on any atom is -0.315 e. The van der Waals surface area contributed by atoms with Crippen molar-refractivity contribution in [1.29, 1.82) is 0 Å². The summed E-state index contributed by atoms with van der Waals surface area (Å²) in [6, 6.07) is 0.476. The first-order chi connectivity index (χ1) is 8.99. The van der Waals surface area contributed by atoms with Gasteiger partial charge in [0.15, 0.2) is 0 Å². The Morgan fingerprint density at radius 3 is 2.74 bits per heavy atom. The number of rotatable bonds is 9. The van der Waals surface area contributed by atoms with E-state index in [1.54, 1.807) is 0 Å². The first kappa shape index (κ1) is 15.8. The molecule has 0 atom stereocenters. The summed E-state index contributed by atoms with van der Waals surface area (Å²) in [5, 5.41) is 7.48. The van der Waals surface area contributed by atoms with Gasteiger partial charge in [-0.15, -0.1) is 0 Å². The Morgan fingerprint density at radius 2 is 2.11 bits per heavy atom. The molecule has 1 aromatic heterocycles. The van der Waals surface area contributed by atoms with Crippen molar-refractivity contribution in [3.63, 3.8) is 0 Å². The fourth-order valence-electron chi connectivity index (χ4n) is 1.86. The molecule has 0 spiro atoms. The summed E-state index contributed by atoms with van der Waals surface area (Å²) in [5.74, 6) is 1.53. The molecule has 0 radical (unpaired) electrons. The van der Waals surface area contributed by atoms with Crippen molar-refractivity contribution in [3.8, 4) is 0 Å². The van der Waals surface area contributed by atoms with Crippen molar-refractivity contribution >= 4 is 5.78 Å². The van der Waals surface area contributed by atoms with Gasteiger partial charge in [0.1, 0.15) is 17.9 Å². The number of ketones is 1. The summed E-state index contributed by atoms with van der Waals surface area (Å²) in [7, 11) is 0. The van der Waals surface area contributed by atoms with Crippen LogP contribution in [0.25, 0.3) is 0 Å². The minimum absolute atomic E-state index is 0.239. The zero-order valence-corrected chi connectivity index (χ0v) is 12.5. The molecular weight excluding hydrogens is 240 g/mol. The molecule has 1 rings (SSSR count). The number of hydrogen-bond donors (Lipinski definition) is 1. The molecule has 0 aliphatic rings. The van der Waals surface area contributed by atoms with Crippen LogP contribution in [0.2, 0.25) is 0 Å². The van der Waals surface area contributed by atoms with Crippen LogP contribution in [0, 0.1) is 5.92 Å². The van der Waals surface area contributed by atoms with Crippen LogP contribution in [0.5, 0.6) is 0 Å². The molecule has 108 valence electrons. The van der Waals surface area contributed by atoms with Crippen molar-refractivity contribution in [2.45, 2.75) is 59.5 Å². The third kappa shape index (κ3) is 6.47. The molecule has 0 aliphatic carbocycles. The monoisotopic (exact) mass is 266 g/mol. The van der Waals surface area contributed by atoms with Crippen molar-refractivity contribution in [1.82, 2.24) is 20.1 Å². The maximum atomic E-state index is 11.9. The Bertz CT molecular complexity index is 385. The molecule has 5 heteroatoms. The molecule has 0 saturated carbocycles. The van der Waals surface area contributed by atoms with Gasteiger partial charge in [-0.3, -0.25) is 4.79 Å². The zero-order valence-electron chi connectivity index (χ0n) is 12.5. The van der Waals surface area contributed by atoms with Gasteiger partial charge in [0.05, 0.1) is 6.42 Å². The molecule has 1 aromatic rings. The lowest BCUT2D eigenvalue weighted by Crippen LogP contribution is -2.24. The van der Waals surface area contributed by atoms with Crippen LogP contribution in [-0.2, 0) is 17.8 Å². The van der Waals surface area contributed by atoms with Crippen LogP contribution < -0.4 is 5.32 Å². The highest BCUT2D eigenvalue weighted by atomic mass is 16.1. The fourth-order valence-corrected chi connectivity index (χ4v) is 1.86. The van der Waals surface area contributed by atoms with E-state index in [0.717, 1.165) is 25.3 Å². The maximum absolute atomic E-state index is 11.9. The Hall–Kier alpha value is -1.23. The van der Waals surface area contributed by atoms with Crippen molar-refractivity contribution in [2.24, 2.45) is 5.92 Å². The van der Waals surface area contributed by atoms with Gasteiger partial charge in [0.2, 0.25) is 0 Å². The fraction of sp³-hybridized carbons (Fsp3) is 0.786. The number of hydrogen-bond acceptors (Lipinski definition) is 4. The Kier molecular flexibility index (Phi) is 6.70. The topological polar surface area (TPSA) is 59.8 Å². The lowest BCUT2D eigenvalue weighted by atomic mass is 10.1. The van der Waals surface area contributed by atoms with Crippen molar-refractivity contribution in [2.75, 3.05) is 6.54 Å². The van der Waals surface area contributed by atoms with Gasteiger partial charge in [-0.05, 0) is 18.9 Å². The van der Waals surface area contributed by atoms with Gasteiger partial charge < -0.3 is 5.32 Å². The number of nitrogens with one attached hydrogen (secondary N) is 1. The lowest BCUT2D eigenvalue weighted by Gasteiger charge is -2.09. The van der Waals surface area contributed by atoms with Crippen LogP contribution in [-0.4, -0.2) is 33.1 Å². The third-order valence-corrected chi connectivity index (χ3v) is 2.77. The quantitative estimate of drug-likeness (QED) is 0.693. The molecule has 0 aromatic carbocycles. The van der Waals surface area contributed by atoms with E-state index in [2.05, 4.69) is 43.1 Å². The highest BCUT2D eigenvalue weighted by Gasteiger charge is 2.11. The van der Waals surface area contributed by atoms with E-state index in [9.17, 15) is 4.79 Å². The summed E-state index contributed by atoms with van der Waals surface area (Å²) < 4.78 is 1.84. The van der Waals surface area contributed by atoms with Crippen LogP contribution in [0.3, 0.4) is 0 Å². The second kappa shape index (κ2) is 8.04. The average molecular weight is 266 g/mol. The molecular formula is C14H26N4O. The summed E-state index contributed by atoms with van der Waals surface area (Å²) in [5.41, 5.74) is 0. The van der Waals surface area contributed by atoms with Gasteiger partial charge in [-0.1, -0.05) is 27.7 Å². The predicted octanol–water partition coefficient (Wildman–Crippen LogP) is 1.82. The first-order valence-electron chi connectivity index (χ1n) is 7.10. The predicted molar refractivity (Wildman–Crippen MR) is 75.9 cm³/mol. The molecule has 5 nitrogen and oxygen atoms in total. The first-order valence-corrected chi connectivity index (χ1v) is 7.10. The molecule has 0 fully saturated rings. The standard InChI is InChI=1S/C14H26N4O/c1-11(2)9-18-14(16-10-17-18)8-13(19)6-5-7-15-12(3)4/h10-12,15H,5-9H2,1-4H3. The van der Waals surface area contributed by atoms with Gasteiger partial charge in [-0.2, -0.15) is 5.10 Å². The van der Waals surface area contributed by atoms with Crippen LogP contribution in [0.1, 0.15) is 46.4 Å². The smallest absolute Gasteiger partial charge is 0.140 e. The van der Waals surface area contributed by atoms with Crippen LogP contribution >= 0.6 is 0 Å². The molecule has 1 heterocycles. The van der Waals surface area contributed by atoms with E-state index >= 15 is 0 Å². The number of aromatic nitrogens is 3. The Labute approximate surface area is 115 Å². The third-order valence-electron chi connectivity index (χ3n) is 2.77. The van der Waals surface area contributed by atoms with E-state index < -0.39 is 0 Å². The van der Waals surface area contributed by atoms with Crippen molar-refractivity contribution < 1.29 is 4.79 Å². The second-order valence-electron chi connectivity index (χ2n) is 5.68. The van der Waals surface area contributed by atoms with Gasteiger partial charge in [0.25, 0.3) is 0 Å². The van der Waals surface area contributed by atoms with E-state index in [4.69, 9.17) is 0 Å². The van der Waals surface area contributed by atoms with Crippen molar-refractivity contribution in [3.05, 3.63) is 12.2 Å². The molecule has 0 bridgehead atoms. The highest BCUT2D eigenvalue weighted by Crippen LogP contribution is 2.04. The number of carbonyl (C=O) groups is 1. The second-order valence-corrected chi connectivity index (χ2v) is 5.68. The van der Waals surface area contributed by atoms with Gasteiger partial charge in [0, 0.05) is 19.0 Å². The van der Waals surface area contributed by atoms with Gasteiger partial charge in [-0.25, -0.2) is 9.67 Å². The molecule has 0 unspecified atom stereocenters. The molecule has 0 aliphatic heterocycles. The van der Waals surface area contributed by atoms with Crippen LogP contribution in [0.15, 0.2) is 6.33 Å². The lowest BCUT2D eigenvalue weighted by molar-refractivity contribution is -0.118. The number of nitrogens with zero attached hydrogens (tertiary/aromatic N) is 3. The largest absolute Gasteiger partial charge is 0.315 e. The summed E-state index contributed by atoms with van der Waals surface area (Å²) in [4.78, 5) is 16.1. The Balaban J connectivity index is 2.34. The number of carbonyl (C=O) groups excluding carboxylic acids is 1. The highest BCUT2D eigenvalue weighted by molar-refractivity contribution is 5.80. The maximum Gasteiger partial charge on any atom is 0.140 e. The SMILES string of the molecule is CC(C)Cn1ncnc1CC(=O)CCCNC(C)C. The summed E-state index contributed by atoms with van der Waals surface area (Å²) in [6.45, 7) is 10.2. The zero-order chi connectivity index (χ0) is 14.3.